The zero-order valence-corrected chi connectivity index (χ0v) is 13.0. The Bertz CT molecular complexity index is 743. The van der Waals surface area contributed by atoms with Gasteiger partial charge in [-0.15, -0.1) is 0 Å². The van der Waals surface area contributed by atoms with Crippen LogP contribution >= 0.6 is 0 Å². The Balaban J connectivity index is 2.07. The number of carbonyl (C=O) groups excluding carboxylic acids is 1. The molecule has 0 saturated carbocycles. The fraction of sp³-hybridized carbons (Fsp3) is 0.214. The van der Waals surface area contributed by atoms with E-state index in [1.807, 2.05) is 0 Å². The molecule has 2 aromatic rings. The Morgan fingerprint density at radius 1 is 1.09 bits per heavy atom. The Labute approximate surface area is 128 Å². The fourth-order valence-electron chi connectivity index (χ4n) is 1.51. The summed E-state index contributed by atoms with van der Waals surface area (Å²) in [4.78, 5) is 19.8. The first-order valence-electron chi connectivity index (χ1n) is 6.58. The van der Waals surface area contributed by atoms with Gasteiger partial charge in [0.15, 0.2) is 0 Å². The first-order chi connectivity index (χ1) is 10.4. The molecular formula is C14H16N4O3S. The van der Waals surface area contributed by atoms with Crippen molar-refractivity contribution in [3.05, 3.63) is 48.3 Å². The minimum absolute atomic E-state index is 0.206. The number of anilines is 2. The van der Waals surface area contributed by atoms with Crippen LogP contribution in [0.15, 0.2) is 42.7 Å². The van der Waals surface area contributed by atoms with Gasteiger partial charge in [0.25, 0.3) is 5.91 Å². The van der Waals surface area contributed by atoms with Gasteiger partial charge in [-0.3, -0.25) is 14.8 Å². The maximum absolute atomic E-state index is 12.0. The first kappa shape index (κ1) is 15.9. The molecule has 2 N–H and O–H groups in total. The lowest BCUT2D eigenvalue weighted by Gasteiger charge is -2.11. The molecule has 0 unspecified atom stereocenters. The van der Waals surface area contributed by atoms with Gasteiger partial charge in [0.2, 0.25) is 16.0 Å². The molecule has 1 aromatic carbocycles. The lowest BCUT2D eigenvalue weighted by atomic mass is 10.2. The molecule has 0 bridgehead atoms. The van der Waals surface area contributed by atoms with E-state index in [2.05, 4.69) is 20.0 Å². The molecule has 22 heavy (non-hydrogen) atoms. The number of carbonyl (C=O) groups is 1. The number of nitrogens with one attached hydrogen (secondary N) is 2. The normalized spacial score (nSPS) is 11.2. The maximum atomic E-state index is 12.0. The number of nitrogens with zero attached hydrogens (tertiary/aromatic N) is 2. The second-order valence-corrected chi connectivity index (χ2v) is 7.04. The van der Waals surface area contributed by atoms with Gasteiger partial charge < -0.3 is 0 Å². The van der Waals surface area contributed by atoms with E-state index in [4.69, 9.17) is 0 Å². The predicted molar refractivity (Wildman–Crippen MR) is 84.1 cm³/mol. The number of hydrogen-bond acceptors (Lipinski definition) is 5. The van der Waals surface area contributed by atoms with E-state index in [1.165, 1.54) is 36.7 Å². The number of hydrogen-bond donors (Lipinski definition) is 2. The smallest absolute Gasteiger partial charge is 0.258 e. The second-order valence-electron chi connectivity index (χ2n) is 4.80. The van der Waals surface area contributed by atoms with Crippen molar-refractivity contribution >= 4 is 27.6 Å². The van der Waals surface area contributed by atoms with Gasteiger partial charge in [-0.05, 0) is 44.2 Å². The lowest BCUT2D eigenvalue weighted by Crippen LogP contribution is -2.22. The zero-order chi connectivity index (χ0) is 16.2. The van der Waals surface area contributed by atoms with Crippen molar-refractivity contribution in [2.45, 2.75) is 19.1 Å². The van der Waals surface area contributed by atoms with Gasteiger partial charge in [0, 0.05) is 23.6 Å². The molecule has 116 valence electrons. The Morgan fingerprint density at radius 2 is 1.68 bits per heavy atom. The topological polar surface area (TPSA) is 101 Å². The number of sulfonamides is 1. The number of rotatable bonds is 5. The third-order valence-corrected chi connectivity index (χ3v) is 4.58. The standard InChI is InChI=1S/C14H16N4O3S/c1-10(2)22(20,21)18-12-6-4-11(5-7-12)13(19)17-14-15-8-3-9-16-14/h3-10,18H,1-2H3,(H,15,16,17,19). The predicted octanol–water partition coefficient (Wildman–Crippen LogP) is 1.88. The highest BCUT2D eigenvalue weighted by atomic mass is 32.2. The number of amides is 1. The zero-order valence-electron chi connectivity index (χ0n) is 12.1. The molecule has 0 aliphatic carbocycles. The molecule has 0 aliphatic rings. The van der Waals surface area contributed by atoms with Crippen molar-refractivity contribution in [2.24, 2.45) is 0 Å². The van der Waals surface area contributed by atoms with Gasteiger partial charge in [0.05, 0.1) is 5.25 Å². The van der Waals surface area contributed by atoms with Crippen molar-refractivity contribution in [3.63, 3.8) is 0 Å². The van der Waals surface area contributed by atoms with E-state index in [9.17, 15) is 13.2 Å². The van der Waals surface area contributed by atoms with E-state index < -0.39 is 15.3 Å². The van der Waals surface area contributed by atoms with Crippen LogP contribution in [-0.2, 0) is 10.0 Å². The molecule has 0 atom stereocenters. The van der Waals surface area contributed by atoms with Crippen LogP contribution in [0.25, 0.3) is 0 Å². The summed E-state index contributed by atoms with van der Waals surface area (Å²) in [6, 6.07) is 7.75. The average molecular weight is 320 g/mol. The molecule has 1 heterocycles. The van der Waals surface area contributed by atoms with Crippen LogP contribution in [0, 0.1) is 0 Å². The average Bonchev–Trinajstić information content (AvgIpc) is 2.48. The summed E-state index contributed by atoms with van der Waals surface area (Å²) in [7, 11) is -3.40. The van der Waals surface area contributed by atoms with Crippen LogP contribution in [0.5, 0.6) is 0 Å². The minimum Gasteiger partial charge on any atom is -0.290 e. The second kappa shape index (κ2) is 6.52. The van der Waals surface area contributed by atoms with Crippen LogP contribution in [0.2, 0.25) is 0 Å². The van der Waals surface area contributed by atoms with Gasteiger partial charge in [-0.25, -0.2) is 18.4 Å². The van der Waals surface area contributed by atoms with Crippen molar-refractivity contribution in [1.82, 2.24) is 9.97 Å². The van der Waals surface area contributed by atoms with E-state index in [0.29, 0.717) is 11.3 Å². The maximum Gasteiger partial charge on any atom is 0.258 e. The molecule has 1 amide bonds. The van der Waals surface area contributed by atoms with E-state index in [-0.39, 0.29) is 11.9 Å². The Kier molecular flexibility index (Phi) is 4.71. The summed E-state index contributed by atoms with van der Waals surface area (Å²) < 4.78 is 26.0. The first-order valence-corrected chi connectivity index (χ1v) is 8.13. The van der Waals surface area contributed by atoms with Gasteiger partial charge in [-0.1, -0.05) is 0 Å². The van der Waals surface area contributed by atoms with Crippen molar-refractivity contribution in [2.75, 3.05) is 10.0 Å². The van der Waals surface area contributed by atoms with Crippen LogP contribution in [-0.4, -0.2) is 29.5 Å². The summed E-state index contributed by atoms with van der Waals surface area (Å²) >= 11 is 0. The summed E-state index contributed by atoms with van der Waals surface area (Å²) in [5, 5.41) is 2.01. The van der Waals surface area contributed by atoms with Gasteiger partial charge in [0.1, 0.15) is 0 Å². The van der Waals surface area contributed by atoms with Gasteiger partial charge >= 0.3 is 0 Å². The molecule has 0 fully saturated rings. The van der Waals surface area contributed by atoms with Crippen molar-refractivity contribution in [3.8, 4) is 0 Å². The molecule has 1 aromatic heterocycles. The fourth-order valence-corrected chi connectivity index (χ4v) is 2.21. The van der Waals surface area contributed by atoms with Crippen LogP contribution in [0.1, 0.15) is 24.2 Å². The van der Waals surface area contributed by atoms with E-state index >= 15 is 0 Å². The molecule has 2 rings (SSSR count). The summed E-state index contributed by atoms with van der Waals surface area (Å²) in [5.74, 6) is -0.165. The Morgan fingerprint density at radius 3 is 2.23 bits per heavy atom. The van der Waals surface area contributed by atoms with Crippen LogP contribution in [0.4, 0.5) is 11.6 Å². The van der Waals surface area contributed by atoms with Crippen molar-refractivity contribution < 1.29 is 13.2 Å². The highest BCUT2D eigenvalue weighted by Gasteiger charge is 2.15. The third kappa shape index (κ3) is 4.01. The molecule has 8 heteroatoms. The quantitative estimate of drug-likeness (QED) is 0.876. The third-order valence-electron chi connectivity index (χ3n) is 2.82. The minimum atomic E-state index is -3.40. The van der Waals surface area contributed by atoms with Crippen LogP contribution < -0.4 is 10.0 Å². The monoisotopic (exact) mass is 320 g/mol. The Hall–Kier alpha value is -2.48. The van der Waals surface area contributed by atoms with Crippen LogP contribution in [0.3, 0.4) is 0 Å². The lowest BCUT2D eigenvalue weighted by molar-refractivity contribution is 0.102. The highest BCUT2D eigenvalue weighted by Crippen LogP contribution is 2.14. The molecular weight excluding hydrogens is 304 g/mol. The largest absolute Gasteiger partial charge is 0.290 e. The number of aromatic nitrogens is 2. The number of benzene rings is 1. The van der Waals surface area contributed by atoms with Crippen molar-refractivity contribution in [1.29, 1.82) is 0 Å². The van der Waals surface area contributed by atoms with Gasteiger partial charge in [-0.2, -0.15) is 0 Å². The SMILES string of the molecule is CC(C)S(=O)(=O)Nc1ccc(C(=O)Nc2ncccn2)cc1. The summed E-state index contributed by atoms with van der Waals surface area (Å²) in [5.41, 5.74) is 0.779. The highest BCUT2D eigenvalue weighted by molar-refractivity contribution is 7.93. The molecule has 0 saturated heterocycles. The van der Waals surface area contributed by atoms with E-state index in [0.717, 1.165) is 0 Å². The molecule has 0 spiro atoms. The summed E-state index contributed by atoms with van der Waals surface area (Å²) in [6.07, 6.45) is 3.04. The summed E-state index contributed by atoms with van der Waals surface area (Å²) in [6.45, 7) is 3.17. The van der Waals surface area contributed by atoms with E-state index in [1.54, 1.807) is 19.9 Å². The molecule has 0 radical (unpaired) electrons. The molecule has 0 aliphatic heterocycles. The molecule has 7 nitrogen and oxygen atoms in total.